The summed E-state index contributed by atoms with van der Waals surface area (Å²) >= 11 is 3.78. The van der Waals surface area contributed by atoms with E-state index in [0.717, 1.165) is 49.4 Å². The lowest BCUT2D eigenvalue weighted by Crippen LogP contribution is -2.30. The van der Waals surface area contributed by atoms with E-state index in [1.807, 2.05) is 55.6 Å². The highest BCUT2D eigenvalue weighted by Gasteiger charge is 2.23. The lowest BCUT2D eigenvalue weighted by Gasteiger charge is -2.19. The number of carbonyl (C=O) groups excluding carboxylic acids is 1. The molecule has 0 unspecified atom stereocenters. The van der Waals surface area contributed by atoms with Gasteiger partial charge < -0.3 is 25.8 Å². The fourth-order valence-corrected chi connectivity index (χ4v) is 5.25. The van der Waals surface area contributed by atoms with Crippen molar-refractivity contribution in [2.75, 3.05) is 18.5 Å². The number of hydrogen-bond donors (Lipinski definition) is 3. The van der Waals surface area contributed by atoms with E-state index >= 15 is 0 Å². The van der Waals surface area contributed by atoms with E-state index in [2.05, 4.69) is 36.6 Å². The van der Waals surface area contributed by atoms with Crippen LogP contribution in [0.2, 0.25) is 0 Å². The molecule has 2 aromatic heterocycles. The molecule has 37 heavy (non-hydrogen) atoms. The van der Waals surface area contributed by atoms with Gasteiger partial charge >= 0.3 is 0 Å². The number of benzene rings is 2. The average molecular weight is 561 g/mol. The number of aryl methyl sites for hydroxylation is 1. The van der Waals surface area contributed by atoms with Crippen LogP contribution in [-0.4, -0.2) is 39.9 Å². The van der Waals surface area contributed by atoms with E-state index in [0.29, 0.717) is 37.6 Å². The van der Waals surface area contributed by atoms with Crippen LogP contribution in [0.1, 0.15) is 18.4 Å². The third-order valence-electron chi connectivity index (χ3n) is 6.55. The molecular formula is C27H25BrN6O3. The molecule has 188 valence electrons. The molecule has 10 heteroatoms. The molecule has 9 nitrogen and oxygen atoms in total. The first kappa shape index (κ1) is 23.4. The van der Waals surface area contributed by atoms with Gasteiger partial charge in [0.2, 0.25) is 5.91 Å². The van der Waals surface area contributed by atoms with Crippen LogP contribution < -0.4 is 25.8 Å². The third kappa shape index (κ3) is 4.48. The lowest BCUT2D eigenvalue weighted by atomic mass is 10.0. The number of rotatable bonds is 5. The van der Waals surface area contributed by atoms with Gasteiger partial charge in [0, 0.05) is 29.8 Å². The highest BCUT2D eigenvalue weighted by molar-refractivity contribution is 9.10. The summed E-state index contributed by atoms with van der Waals surface area (Å²) in [4.78, 5) is 16.2. The number of fused-ring (bicyclic) bond motifs is 2. The van der Waals surface area contributed by atoms with E-state index in [1.54, 1.807) is 10.9 Å². The Balaban J connectivity index is 1.29. The molecule has 0 aliphatic carbocycles. The zero-order valence-corrected chi connectivity index (χ0v) is 21.7. The molecular weight excluding hydrogens is 536 g/mol. The lowest BCUT2D eigenvalue weighted by molar-refractivity contribution is -0.119. The molecule has 0 bridgehead atoms. The maximum atomic E-state index is 11.5. The quantitative estimate of drug-likeness (QED) is 0.329. The summed E-state index contributed by atoms with van der Waals surface area (Å²) in [5.41, 5.74) is 12.2. The van der Waals surface area contributed by atoms with Crippen LogP contribution in [-0.2, 0) is 11.8 Å². The van der Waals surface area contributed by atoms with Gasteiger partial charge in [-0.25, -0.2) is 0 Å². The fraction of sp³-hybridized carbons (Fsp3) is 0.222. The topological polar surface area (TPSA) is 116 Å². The maximum Gasteiger partial charge on any atom is 0.220 e. The van der Waals surface area contributed by atoms with Crippen molar-refractivity contribution < 1.29 is 14.3 Å². The first-order valence-electron chi connectivity index (χ1n) is 12.0. The molecule has 2 aliphatic rings. The van der Waals surface area contributed by atoms with Gasteiger partial charge in [-0.1, -0.05) is 18.2 Å². The van der Waals surface area contributed by atoms with Crippen LogP contribution >= 0.6 is 15.9 Å². The molecule has 0 spiro atoms. The summed E-state index contributed by atoms with van der Waals surface area (Å²) in [5, 5.41) is 11.0. The predicted octanol–water partition coefficient (Wildman–Crippen LogP) is 4.49. The van der Waals surface area contributed by atoms with Crippen LogP contribution in [0.4, 0.5) is 11.5 Å². The van der Waals surface area contributed by atoms with Crippen LogP contribution in [0.25, 0.3) is 28.2 Å². The van der Waals surface area contributed by atoms with Crippen LogP contribution in [0.15, 0.2) is 58.8 Å². The number of carbonyl (C=O) groups is 1. The van der Waals surface area contributed by atoms with E-state index in [1.165, 1.54) is 0 Å². The van der Waals surface area contributed by atoms with Crippen molar-refractivity contribution in [1.82, 2.24) is 20.1 Å². The monoisotopic (exact) mass is 560 g/mol. The zero-order chi connectivity index (χ0) is 25.5. The van der Waals surface area contributed by atoms with E-state index in [9.17, 15) is 4.79 Å². The Morgan fingerprint density at radius 3 is 2.86 bits per heavy atom. The second-order valence-electron chi connectivity index (χ2n) is 9.06. The van der Waals surface area contributed by atoms with Crippen molar-refractivity contribution in [2.45, 2.75) is 18.9 Å². The van der Waals surface area contributed by atoms with Crippen LogP contribution in [0.3, 0.4) is 0 Å². The van der Waals surface area contributed by atoms with Crippen molar-refractivity contribution in [2.24, 2.45) is 12.8 Å². The number of ether oxygens (including phenoxy) is 2. The number of aromatic nitrogens is 3. The Kier molecular flexibility index (Phi) is 5.96. The molecule has 1 amide bonds. The van der Waals surface area contributed by atoms with E-state index in [4.69, 9.17) is 15.2 Å². The Morgan fingerprint density at radius 2 is 2.05 bits per heavy atom. The zero-order valence-electron chi connectivity index (χ0n) is 20.1. The minimum absolute atomic E-state index is 0.0291. The first-order chi connectivity index (χ1) is 18.0. The number of anilines is 2. The van der Waals surface area contributed by atoms with Gasteiger partial charge in [-0.2, -0.15) is 5.10 Å². The van der Waals surface area contributed by atoms with Crippen molar-refractivity contribution in [3.8, 4) is 22.6 Å². The highest BCUT2D eigenvalue weighted by atomic mass is 79.9. The summed E-state index contributed by atoms with van der Waals surface area (Å²) in [6.45, 7) is 1.10. The van der Waals surface area contributed by atoms with E-state index in [-0.39, 0.29) is 11.9 Å². The maximum absolute atomic E-state index is 11.5. The Labute approximate surface area is 221 Å². The molecule has 6 rings (SSSR count). The summed E-state index contributed by atoms with van der Waals surface area (Å²) < 4.78 is 14.1. The van der Waals surface area contributed by atoms with Gasteiger partial charge in [0.1, 0.15) is 18.7 Å². The largest absolute Gasteiger partial charge is 0.486 e. The Hall–Kier alpha value is -4.05. The van der Waals surface area contributed by atoms with E-state index < -0.39 is 0 Å². The molecule has 1 fully saturated rings. The van der Waals surface area contributed by atoms with Crippen LogP contribution in [0, 0.1) is 0 Å². The second kappa shape index (κ2) is 9.44. The number of hydrogen-bond acceptors (Lipinski definition) is 7. The average Bonchev–Trinajstić information content (AvgIpc) is 3.48. The number of amides is 1. The van der Waals surface area contributed by atoms with Gasteiger partial charge in [-0.3, -0.25) is 14.5 Å². The Morgan fingerprint density at radius 1 is 1.22 bits per heavy atom. The van der Waals surface area contributed by atoms with Gasteiger partial charge in [-0.15, -0.1) is 0 Å². The van der Waals surface area contributed by atoms with Crippen molar-refractivity contribution in [3.63, 3.8) is 0 Å². The summed E-state index contributed by atoms with van der Waals surface area (Å²) in [7, 11) is 1.88. The number of pyridine rings is 1. The third-order valence-corrected chi connectivity index (χ3v) is 7.40. The smallest absolute Gasteiger partial charge is 0.220 e. The molecule has 4 heterocycles. The molecule has 4 N–H and O–H groups in total. The molecule has 2 aromatic carbocycles. The summed E-state index contributed by atoms with van der Waals surface area (Å²) in [6, 6.07) is 13.8. The molecule has 1 saturated heterocycles. The number of nitrogens with zero attached hydrogens (tertiary/aromatic N) is 3. The number of nitrogens with two attached hydrogens (primary N) is 1. The van der Waals surface area contributed by atoms with Gasteiger partial charge in [0.05, 0.1) is 17.2 Å². The molecule has 4 aromatic rings. The first-order valence-corrected chi connectivity index (χ1v) is 12.8. The minimum atomic E-state index is -0.134. The highest BCUT2D eigenvalue weighted by Crippen LogP contribution is 2.40. The molecule has 0 radical (unpaired) electrons. The van der Waals surface area contributed by atoms with Gasteiger partial charge in [-0.05, 0) is 69.4 Å². The standard InChI is InChI=1S/C27H25BrN6O3/c1-34-21-12-15(11-18(29)19-6-8-24(35)31-19)14-30-26(21)27(33-34)32-20-4-2-3-17(25(20)28)16-5-7-22-23(13-16)37-10-9-36-22/h2-5,7,11-14,19H,6,8-10,29H2,1H3,(H,31,35)(H,32,33)/t19-/m0/s1. The van der Waals surface area contributed by atoms with Crippen molar-refractivity contribution in [1.29, 1.82) is 0 Å². The molecule has 0 saturated carbocycles. The molecule has 1 atom stereocenters. The number of nitrogens with one attached hydrogen (secondary N) is 2. The fourth-order valence-electron chi connectivity index (χ4n) is 4.66. The normalized spacial score (nSPS) is 17.2. The van der Waals surface area contributed by atoms with Crippen molar-refractivity contribution >= 4 is 50.5 Å². The summed E-state index contributed by atoms with van der Waals surface area (Å²) in [6.07, 6.45) is 4.82. The van der Waals surface area contributed by atoms with Gasteiger partial charge in [0.15, 0.2) is 17.3 Å². The second-order valence-corrected chi connectivity index (χ2v) is 9.86. The van der Waals surface area contributed by atoms with Gasteiger partial charge in [0.25, 0.3) is 0 Å². The number of halogens is 1. The van der Waals surface area contributed by atoms with Crippen molar-refractivity contribution in [3.05, 3.63) is 64.4 Å². The predicted molar refractivity (Wildman–Crippen MR) is 146 cm³/mol. The molecule has 2 aliphatic heterocycles. The SMILES string of the molecule is Cn1nc(Nc2cccc(-c3ccc4c(c3)OCCO4)c2Br)c2ncc(C=C(N)[C@@H]3CCC(=O)N3)cc21. The minimum Gasteiger partial charge on any atom is -0.486 e. The Bertz CT molecular complexity index is 1560. The summed E-state index contributed by atoms with van der Waals surface area (Å²) in [5.74, 6) is 2.18. The van der Waals surface area contributed by atoms with Crippen LogP contribution in [0.5, 0.6) is 11.5 Å².